The summed E-state index contributed by atoms with van der Waals surface area (Å²) < 4.78 is 5.29. The Labute approximate surface area is 122 Å². The minimum absolute atomic E-state index is 0.672. The van der Waals surface area contributed by atoms with Crippen LogP contribution in [0.15, 0.2) is 18.2 Å². The number of nitrogens with two attached hydrogens (primary N) is 1. The van der Waals surface area contributed by atoms with Crippen molar-refractivity contribution in [3.05, 3.63) is 23.8 Å². The van der Waals surface area contributed by atoms with Crippen molar-refractivity contribution in [3.63, 3.8) is 0 Å². The van der Waals surface area contributed by atoms with E-state index in [1.165, 1.54) is 38.0 Å². The average molecular weight is 277 g/mol. The van der Waals surface area contributed by atoms with Gasteiger partial charge in [0.05, 0.1) is 7.11 Å². The zero-order valence-corrected chi connectivity index (χ0v) is 12.9. The Morgan fingerprint density at radius 1 is 1.30 bits per heavy atom. The van der Waals surface area contributed by atoms with Crippen LogP contribution in [0.3, 0.4) is 0 Å². The highest BCUT2D eigenvalue weighted by Crippen LogP contribution is 2.22. The fraction of sp³-hybridized carbons (Fsp3) is 0.625. The molecule has 0 unspecified atom stereocenters. The summed E-state index contributed by atoms with van der Waals surface area (Å²) in [7, 11) is 3.89. The second-order valence-corrected chi connectivity index (χ2v) is 5.69. The highest BCUT2D eigenvalue weighted by Gasteiger charge is 2.21. The molecule has 1 aliphatic heterocycles. The minimum Gasteiger partial charge on any atom is -0.497 e. The summed E-state index contributed by atoms with van der Waals surface area (Å²) in [5.74, 6) is 0.842. The number of anilines is 1. The molecule has 1 fully saturated rings. The average Bonchev–Trinajstić information content (AvgIpc) is 2.46. The van der Waals surface area contributed by atoms with E-state index in [4.69, 9.17) is 10.5 Å². The molecule has 4 heteroatoms. The van der Waals surface area contributed by atoms with E-state index in [0.29, 0.717) is 6.04 Å². The molecule has 2 rings (SSSR count). The van der Waals surface area contributed by atoms with Crippen LogP contribution in [0.2, 0.25) is 0 Å². The smallest absolute Gasteiger partial charge is 0.121 e. The molecule has 0 saturated carbocycles. The molecule has 1 saturated heterocycles. The van der Waals surface area contributed by atoms with Gasteiger partial charge in [-0.05, 0) is 57.2 Å². The molecule has 0 spiro atoms. The summed E-state index contributed by atoms with van der Waals surface area (Å²) in [5, 5.41) is 0. The molecule has 4 nitrogen and oxygen atoms in total. The van der Waals surface area contributed by atoms with Crippen LogP contribution >= 0.6 is 0 Å². The third kappa shape index (κ3) is 3.87. The summed E-state index contributed by atoms with van der Waals surface area (Å²) in [4.78, 5) is 4.97. The van der Waals surface area contributed by atoms with Gasteiger partial charge in [0.2, 0.25) is 0 Å². The maximum absolute atomic E-state index is 5.92. The van der Waals surface area contributed by atoms with Gasteiger partial charge in [0.25, 0.3) is 0 Å². The minimum atomic E-state index is 0.672. The van der Waals surface area contributed by atoms with E-state index in [1.54, 1.807) is 7.11 Å². The van der Waals surface area contributed by atoms with Crippen molar-refractivity contribution in [2.45, 2.75) is 32.4 Å². The molecule has 20 heavy (non-hydrogen) atoms. The first-order valence-corrected chi connectivity index (χ1v) is 7.48. The molecule has 1 aromatic rings. The van der Waals surface area contributed by atoms with E-state index in [0.717, 1.165) is 18.0 Å². The molecule has 0 aliphatic carbocycles. The van der Waals surface area contributed by atoms with Crippen molar-refractivity contribution in [1.82, 2.24) is 9.80 Å². The highest BCUT2D eigenvalue weighted by atomic mass is 16.5. The standard InChI is InChI=1S/C16H27N3O/c1-4-19-7-5-15(6-8-19)18(2)12-13-9-14(17)11-16(10-13)20-3/h9-11,15H,4-8,12,17H2,1-3H3. The van der Waals surface area contributed by atoms with Gasteiger partial charge >= 0.3 is 0 Å². The first-order valence-electron chi connectivity index (χ1n) is 7.48. The van der Waals surface area contributed by atoms with Crippen LogP contribution in [0, 0.1) is 0 Å². The summed E-state index contributed by atoms with van der Waals surface area (Å²) in [6, 6.07) is 6.66. The number of hydrogen-bond acceptors (Lipinski definition) is 4. The molecule has 112 valence electrons. The van der Waals surface area contributed by atoms with Gasteiger partial charge in [-0.15, -0.1) is 0 Å². The zero-order chi connectivity index (χ0) is 14.5. The number of hydrogen-bond donors (Lipinski definition) is 1. The van der Waals surface area contributed by atoms with E-state index in [9.17, 15) is 0 Å². The van der Waals surface area contributed by atoms with Gasteiger partial charge in [-0.3, -0.25) is 4.90 Å². The first kappa shape index (κ1) is 15.1. The topological polar surface area (TPSA) is 41.7 Å². The molecule has 1 aliphatic rings. The van der Waals surface area contributed by atoms with Crippen molar-refractivity contribution >= 4 is 5.69 Å². The molecule has 0 atom stereocenters. The monoisotopic (exact) mass is 277 g/mol. The lowest BCUT2D eigenvalue weighted by molar-refractivity contribution is 0.127. The normalized spacial score (nSPS) is 17.6. The molecule has 2 N–H and O–H groups in total. The van der Waals surface area contributed by atoms with Crippen LogP contribution in [-0.2, 0) is 6.54 Å². The Kier molecular flexibility index (Phi) is 5.26. The van der Waals surface area contributed by atoms with E-state index in [-0.39, 0.29) is 0 Å². The number of ether oxygens (including phenoxy) is 1. The van der Waals surface area contributed by atoms with Gasteiger partial charge in [-0.2, -0.15) is 0 Å². The predicted molar refractivity (Wildman–Crippen MR) is 84.0 cm³/mol. The van der Waals surface area contributed by atoms with Crippen LogP contribution in [0.25, 0.3) is 0 Å². The molecule has 0 amide bonds. The van der Waals surface area contributed by atoms with Gasteiger partial charge in [0.1, 0.15) is 5.75 Å². The summed E-state index contributed by atoms with van der Waals surface area (Å²) in [6.07, 6.45) is 2.51. The number of piperidine rings is 1. The third-order valence-electron chi connectivity index (χ3n) is 4.28. The van der Waals surface area contributed by atoms with E-state index in [2.05, 4.69) is 29.8 Å². The Balaban J connectivity index is 1.94. The number of nitrogens with zero attached hydrogens (tertiary/aromatic N) is 2. The van der Waals surface area contributed by atoms with Gasteiger partial charge in [-0.25, -0.2) is 0 Å². The number of methoxy groups -OCH3 is 1. The second-order valence-electron chi connectivity index (χ2n) is 5.69. The quantitative estimate of drug-likeness (QED) is 0.838. The highest BCUT2D eigenvalue weighted by molar-refractivity contribution is 5.47. The number of likely N-dealkylation sites (tertiary alicyclic amines) is 1. The van der Waals surface area contributed by atoms with Crippen LogP contribution < -0.4 is 10.5 Å². The fourth-order valence-corrected chi connectivity index (χ4v) is 2.99. The number of benzene rings is 1. The van der Waals surface area contributed by atoms with E-state index in [1.807, 2.05) is 12.1 Å². The number of nitrogen functional groups attached to an aromatic ring is 1. The van der Waals surface area contributed by atoms with Crippen molar-refractivity contribution < 1.29 is 4.74 Å². The zero-order valence-electron chi connectivity index (χ0n) is 12.9. The molecule has 0 bridgehead atoms. The van der Waals surface area contributed by atoms with Gasteiger partial charge in [-0.1, -0.05) is 6.92 Å². The summed E-state index contributed by atoms with van der Waals surface area (Å²) >= 11 is 0. The lowest BCUT2D eigenvalue weighted by Gasteiger charge is -2.36. The summed E-state index contributed by atoms with van der Waals surface area (Å²) in [5.41, 5.74) is 7.92. The van der Waals surface area contributed by atoms with Crippen LogP contribution in [0.4, 0.5) is 5.69 Å². The van der Waals surface area contributed by atoms with Crippen LogP contribution in [0.1, 0.15) is 25.3 Å². The first-order chi connectivity index (χ1) is 9.62. The van der Waals surface area contributed by atoms with E-state index < -0.39 is 0 Å². The Morgan fingerprint density at radius 2 is 2.00 bits per heavy atom. The molecule has 0 aromatic heterocycles. The Bertz CT molecular complexity index is 428. The molecule has 0 radical (unpaired) electrons. The number of rotatable bonds is 5. The Hall–Kier alpha value is -1.26. The van der Waals surface area contributed by atoms with Crippen molar-refractivity contribution in [3.8, 4) is 5.75 Å². The molecular weight excluding hydrogens is 250 g/mol. The molecule has 1 aromatic carbocycles. The predicted octanol–water partition coefficient (Wildman–Crippen LogP) is 2.19. The van der Waals surface area contributed by atoms with Crippen molar-refractivity contribution in [2.75, 3.05) is 39.5 Å². The van der Waals surface area contributed by atoms with Gasteiger partial charge in [0, 0.05) is 24.3 Å². The summed E-state index contributed by atoms with van der Waals surface area (Å²) in [6.45, 7) is 6.77. The van der Waals surface area contributed by atoms with Crippen molar-refractivity contribution in [2.24, 2.45) is 0 Å². The van der Waals surface area contributed by atoms with Crippen LogP contribution in [-0.4, -0.2) is 49.6 Å². The van der Waals surface area contributed by atoms with Crippen LogP contribution in [0.5, 0.6) is 5.75 Å². The van der Waals surface area contributed by atoms with E-state index >= 15 is 0 Å². The molecular formula is C16H27N3O. The van der Waals surface area contributed by atoms with Gasteiger partial charge in [0.15, 0.2) is 0 Å². The van der Waals surface area contributed by atoms with Crippen molar-refractivity contribution in [1.29, 1.82) is 0 Å². The lowest BCUT2D eigenvalue weighted by atomic mass is 10.0. The van der Waals surface area contributed by atoms with Gasteiger partial charge < -0.3 is 15.4 Å². The lowest BCUT2D eigenvalue weighted by Crippen LogP contribution is -2.42. The second kappa shape index (κ2) is 6.95. The molecule has 1 heterocycles. The Morgan fingerprint density at radius 3 is 2.60 bits per heavy atom. The SMILES string of the molecule is CCN1CCC(N(C)Cc2cc(N)cc(OC)c2)CC1. The third-order valence-corrected chi connectivity index (χ3v) is 4.28. The maximum Gasteiger partial charge on any atom is 0.121 e. The maximum atomic E-state index is 5.92. The largest absolute Gasteiger partial charge is 0.497 e. The fourth-order valence-electron chi connectivity index (χ4n) is 2.99.